The summed E-state index contributed by atoms with van der Waals surface area (Å²) in [5.74, 6) is -0.138. The van der Waals surface area contributed by atoms with Crippen LogP contribution in [-0.2, 0) is 25.0 Å². The van der Waals surface area contributed by atoms with E-state index in [4.69, 9.17) is 10.7 Å². The SMILES string of the molecule is COC(=O)CCCCCCCCCc1sccc1S(=O)(=O)Cl. The molecule has 0 N–H and O–H groups in total. The molecule has 0 bridgehead atoms. The van der Waals surface area contributed by atoms with E-state index in [1.54, 1.807) is 11.4 Å². The van der Waals surface area contributed by atoms with Gasteiger partial charge in [-0.1, -0.05) is 32.1 Å². The van der Waals surface area contributed by atoms with Crippen LogP contribution < -0.4 is 0 Å². The van der Waals surface area contributed by atoms with Crippen LogP contribution in [0.3, 0.4) is 0 Å². The molecule has 0 saturated carbocycles. The molecule has 22 heavy (non-hydrogen) atoms. The maximum atomic E-state index is 11.4. The first-order valence-electron chi connectivity index (χ1n) is 7.53. The van der Waals surface area contributed by atoms with Gasteiger partial charge in [0.25, 0.3) is 9.05 Å². The van der Waals surface area contributed by atoms with Crippen LogP contribution in [0.5, 0.6) is 0 Å². The van der Waals surface area contributed by atoms with Crippen molar-refractivity contribution in [3.8, 4) is 0 Å². The maximum Gasteiger partial charge on any atom is 0.305 e. The van der Waals surface area contributed by atoms with Crippen LogP contribution in [0.2, 0.25) is 0 Å². The third-order valence-corrected chi connectivity index (χ3v) is 6.00. The molecule has 0 saturated heterocycles. The van der Waals surface area contributed by atoms with E-state index in [0.717, 1.165) is 56.2 Å². The van der Waals surface area contributed by atoms with Crippen LogP contribution in [0.4, 0.5) is 0 Å². The molecule has 0 amide bonds. The van der Waals surface area contributed by atoms with Gasteiger partial charge in [-0.3, -0.25) is 4.79 Å². The second kappa shape index (κ2) is 10.2. The van der Waals surface area contributed by atoms with E-state index < -0.39 is 9.05 Å². The van der Waals surface area contributed by atoms with Crippen molar-refractivity contribution in [2.45, 2.75) is 62.7 Å². The smallest absolute Gasteiger partial charge is 0.305 e. The highest BCUT2D eigenvalue weighted by molar-refractivity contribution is 8.13. The van der Waals surface area contributed by atoms with Crippen molar-refractivity contribution in [1.82, 2.24) is 0 Å². The van der Waals surface area contributed by atoms with Crippen LogP contribution >= 0.6 is 22.0 Å². The van der Waals surface area contributed by atoms with Crippen LogP contribution in [0.15, 0.2) is 16.3 Å². The molecular weight excluding hydrogens is 344 g/mol. The maximum absolute atomic E-state index is 11.4. The van der Waals surface area contributed by atoms with Crippen molar-refractivity contribution in [2.75, 3.05) is 7.11 Å². The van der Waals surface area contributed by atoms with Crippen LogP contribution in [0.25, 0.3) is 0 Å². The first kappa shape index (κ1) is 19.5. The van der Waals surface area contributed by atoms with Gasteiger partial charge in [-0.05, 0) is 30.7 Å². The van der Waals surface area contributed by atoms with Gasteiger partial charge in [0.2, 0.25) is 0 Å². The van der Waals surface area contributed by atoms with Crippen LogP contribution in [-0.4, -0.2) is 21.5 Å². The summed E-state index contributed by atoms with van der Waals surface area (Å²) in [6.07, 6.45) is 8.66. The number of ether oxygens (including phenoxy) is 1. The molecule has 4 nitrogen and oxygen atoms in total. The first-order chi connectivity index (χ1) is 10.4. The second-order valence-electron chi connectivity index (χ2n) is 5.20. The average Bonchev–Trinajstić information content (AvgIpc) is 2.93. The lowest BCUT2D eigenvalue weighted by Crippen LogP contribution is -1.99. The molecule has 0 aliphatic heterocycles. The number of hydrogen-bond donors (Lipinski definition) is 0. The number of carbonyl (C=O) groups excluding carboxylic acids is 1. The van der Waals surface area contributed by atoms with Gasteiger partial charge < -0.3 is 4.74 Å². The van der Waals surface area contributed by atoms with Crippen molar-refractivity contribution in [3.05, 3.63) is 16.3 Å². The lowest BCUT2D eigenvalue weighted by atomic mass is 10.1. The highest BCUT2D eigenvalue weighted by atomic mass is 35.7. The lowest BCUT2D eigenvalue weighted by molar-refractivity contribution is -0.140. The summed E-state index contributed by atoms with van der Waals surface area (Å²) in [5.41, 5.74) is 0. The molecule has 0 unspecified atom stereocenters. The number of methoxy groups -OCH3 is 1. The second-order valence-corrected chi connectivity index (χ2v) is 8.73. The summed E-state index contributed by atoms with van der Waals surface area (Å²) >= 11 is 1.45. The molecule has 0 atom stereocenters. The molecule has 0 radical (unpaired) electrons. The van der Waals surface area contributed by atoms with Crippen LogP contribution in [0.1, 0.15) is 56.2 Å². The van der Waals surface area contributed by atoms with Crippen molar-refractivity contribution in [2.24, 2.45) is 0 Å². The molecule has 1 aromatic heterocycles. The average molecular weight is 367 g/mol. The largest absolute Gasteiger partial charge is 0.469 e. The minimum atomic E-state index is -3.61. The standard InChI is InChI=1S/C15H23ClO4S2/c1-20-15(17)10-8-6-4-2-3-5-7-9-13-14(11-12-21-13)22(16,18)19/h11-12H,2-10H2,1H3. The number of thiophene rings is 1. The van der Waals surface area contributed by atoms with Gasteiger partial charge in [-0.2, -0.15) is 0 Å². The summed E-state index contributed by atoms with van der Waals surface area (Å²) in [5, 5.41) is 1.77. The Morgan fingerprint density at radius 1 is 1.14 bits per heavy atom. The Morgan fingerprint density at radius 2 is 1.73 bits per heavy atom. The quantitative estimate of drug-likeness (QED) is 0.328. The lowest BCUT2D eigenvalue weighted by Gasteiger charge is -2.03. The zero-order chi connectivity index (χ0) is 16.4. The number of hydrogen-bond acceptors (Lipinski definition) is 5. The van der Waals surface area contributed by atoms with Crippen molar-refractivity contribution >= 4 is 37.0 Å². The number of esters is 1. The Hall–Kier alpha value is -0.590. The Balaban J connectivity index is 2.07. The number of carbonyl (C=O) groups is 1. The topological polar surface area (TPSA) is 60.4 Å². The zero-order valence-corrected chi connectivity index (χ0v) is 15.2. The minimum absolute atomic E-state index is 0.138. The Bertz CT molecular complexity index is 552. The van der Waals surface area contributed by atoms with Crippen molar-refractivity contribution in [1.29, 1.82) is 0 Å². The predicted molar refractivity (Wildman–Crippen MR) is 90.0 cm³/mol. The first-order valence-corrected chi connectivity index (χ1v) is 10.7. The van der Waals surface area contributed by atoms with E-state index >= 15 is 0 Å². The van der Waals surface area contributed by atoms with Gasteiger partial charge in [0.1, 0.15) is 0 Å². The van der Waals surface area contributed by atoms with Gasteiger partial charge >= 0.3 is 5.97 Å². The Labute approximate surface area is 141 Å². The number of rotatable bonds is 11. The third-order valence-electron chi connectivity index (χ3n) is 3.48. The molecular formula is C15H23ClO4S2. The van der Waals surface area contributed by atoms with E-state index in [0.29, 0.717) is 6.42 Å². The number of halogens is 1. The van der Waals surface area contributed by atoms with Gasteiger partial charge in [0.15, 0.2) is 0 Å². The van der Waals surface area contributed by atoms with Gasteiger partial charge in [-0.25, -0.2) is 8.42 Å². The number of unbranched alkanes of at least 4 members (excludes halogenated alkanes) is 6. The zero-order valence-electron chi connectivity index (χ0n) is 12.8. The highest BCUT2D eigenvalue weighted by Crippen LogP contribution is 2.26. The summed E-state index contributed by atoms with van der Waals surface area (Å²) in [4.78, 5) is 12.0. The van der Waals surface area contributed by atoms with Gasteiger partial charge in [0, 0.05) is 22.0 Å². The molecule has 126 valence electrons. The van der Waals surface area contributed by atoms with E-state index in [2.05, 4.69) is 4.74 Å². The summed E-state index contributed by atoms with van der Waals surface area (Å²) < 4.78 is 27.3. The molecule has 1 heterocycles. The van der Waals surface area contributed by atoms with Gasteiger partial charge in [0.05, 0.1) is 12.0 Å². The third kappa shape index (κ3) is 7.61. The number of aryl methyl sites for hydroxylation is 1. The molecule has 0 aliphatic rings. The van der Waals surface area contributed by atoms with Crippen molar-refractivity contribution < 1.29 is 17.9 Å². The molecule has 1 aromatic rings. The summed E-state index contributed by atoms with van der Waals surface area (Å²) in [7, 11) is 3.20. The fourth-order valence-corrected chi connectivity index (χ4v) is 4.82. The fourth-order valence-electron chi connectivity index (χ4n) is 2.27. The molecule has 7 heteroatoms. The Kier molecular flexibility index (Phi) is 9.05. The van der Waals surface area contributed by atoms with E-state index in [1.807, 2.05) is 0 Å². The predicted octanol–water partition coefficient (Wildman–Crippen LogP) is 4.51. The van der Waals surface area contributed by atoms with Crippen LogP contribution in [0, 0.1) is 0 Å². The molecule has 0 spiro atoms. The Morgan fingerprint density at radius 3 is 2.32 bits per heavy atom. The monoisotopic (exact) mass is 366 g/mol. The molecule has 0 aromatic carbocycles. The van der Waals surface area contributed by atoms with E-state index in [1.165, 1.54) is 18.4 Å². The summed E-state index contributed by atoms with van der Waals surface area (Å²) in [6, 6.07) is 1.57. The minimum Gasteiger partial charge on any atom is -0.469 e. The molecule has 0 aliphatic carbocycles. The normalized spacial score (nSPS) is 11.5. The highest BCUT2D eigenvalue weighted by Gasteiger charge is 2.16. The molecule has 1 rings (SSSR count). The van der Waals surface area contributed by atoms with E-state index in [9.17, 15) is 13.2 Å². The van der Waals surface area contributed by atoms with E-state index in [-0.39, 0.29) is 10.9 Å². The van der Waals surface area contributed by atoms with Crippen molar-refractivity contribution in [3.63, 3.8) is 0 Å². The molecule has 0 fully saturated rings. The summed E-state index contributed by atoms with van der Waals surface area (Å²) in [6.45, 7) is 0. The van der Waals surface area contributed by atoms with Gasteiger partial charge in [-0.15, -0.1) is 11.3 Å². The fraction of sp³-hybridized carbons (Fsp3) is 0.667.